The molecule has 1 fully saturated rings. The van der Waals surface area contributed by atoms with E-state index in [1.165, 1.54) is 35.2 Å². The molecule has 1 saturated carbocycles. The first kappa shape index (κ1) is 48.2. The minimum atomic E-state index is -1.02. The molecular weight excluding hydrogens is 900 g/mol. The fourth-order valence-corrected chi connectivity index (χ4v) is 13.0. The molecule has 0 N–H and O–H groups in total. The Morgan fingerprint density at radius 2 is 0.812 bits per heavy atom. The normalized spacial score (nSPS) is 15.2. The Balaban J connectivity index is 0.000000193. The zero-order valence-electron chi connectivity index (χ0n) is 37.0. The summed E-state index contributed by atoms with van der Waals surface area (Å²) in [6.07, 6.45) is 16.9. The topological polar surface area (TPSA) is 17.1 Å². The Kier molecular flexibility index (Phi) is 18.6. The number of carbonyl (C=O) groups is 1. The summed E-state index contributed by atoms with van der Waals surface area (Å²) in [4.78, 5) is 13.9. The molecule has 0 radical (unpaired) electrons. The molecule has 320 valence electrons. The number of carbonyl (C=O) groups excluding carboxylic acids is 1. The van der Waals surface area contributed by atoms with Crippen LogP contribution in [0.15, 0.2) is 242 Å². The number of benzene rings is 7. The number of Topliss-reactive ketones (excluding diaryl/α,β-unsaturated/α-hetero) is 1. The zero-order valence-corrected chi connectivity index (χ0v) is 40.6. The predicted molar refractivity (Wildman–Crippen MR) is 274 cm³/mol. The van der Waals surface area contributed by atoms with Gasteiger partial charge in [0.05, 0.1) is 0 Å². The van der Waals surface area contributed by atoms with Crippen LogP contribution in [0.1, 0.15) is 51.2 Å². The first-order valence-electron chi connectivity index (χ1n) is 22.1. The SMILES string of the molecule is C1=CC2CCCC2C=C1.CC(C)(C)C(=O)C([C-]=C=C(c1ccccc1)c1ccccc1)P(c1ccccc1)c1ccccc1.[Ru+2].c1ccc(P(c2ccccc2)c2ccccc2)cc1. The zero-order chi connectivity index (χ0) is 43.7. The van der Waals surface area contributed by atoms with Crippen LogP contribution in [-0.2, 0) is 24.3 Å². The van der Waals surface area contributed by atoms with Crippen molar-refractivity contribution in [3.05, 3.63) is 260 Å². The second-order valence-corrected chi connectivity index (χ2v) is 21.3. The van der Waals surface area contributed by atoms with Gasteiger partial charge in [0.1, 0.15) is 5.78 Å². The van der Waals surface area contributed by atoms with E-state index >= 15 is 0 Å². The van der Waals surface area contributed by atoms with Crippen LogP contribution in [0.2, 0.25) is 0 Å². The van der Waals surface area contributed by atoms with Crippen molar-refractivity contribution in [2.24, 2.45) is 17.3 Å². The molecule has 0 bridgehead atoms. The average Bonchev–Trinajstić information content (AvgIpc) is 3.83. The van der Waals surface area contributed by atoms with Gasteiger partial charge in [-0.3, -0.25) is 4.79 Å². The van der Waals surface area contributed by atoms with Crippen molar-refractivity contribution in [1.29, 1.82) is 0 Å². The fraction of sp³-hybridized carbons (Fsp3) is 0.167. The van der Waals surface area contributed by atoms with Crippen LogP contribution >= 0.6 is 15.8 Å². The summed E-state index contributed by atoms with van der Waals surface area (Å²) < 4.78 is 0. The molecule has 0 amide bonds. The Hall–Kier alpha value is -5.31. The smallest absolute Gasteiger partial charge is 0.322 e. The van der Waals surface area contributed by atoms with Gasteiger partial charge in [-0.2, -0.15) is 0 Å². The van der Waals surface area contributed by atoms with Crippen molar-refractivity contribution in [2.75, 3.05) is 0 Å². The summed E-state index contributed by atoms with van der Waals surface area (Å²) in [7, 11) is -1.47. The number of hydrogen-bond acceptors (Lipinski definition) is 1. The summed E-state index contributed by atoms with van der Waals surface area (Å²) >= 11 is 0. The molecule has 7 aromatic rings. The molecule has 0 spiro atoms. The summed E-state index contributed by atoms with van der Waals surface area (Å²) in [5.74, 6) is 1.97. The first-order valence-corrected chi connectivity index (χ1v) is 24.9. The van der Waals surface area contributed by atoms with Crippen LogP contribution in [0.3, 0.4) is 0 Å². The Morgan fingerprint density at radius 3 is 1.14 bits per heavy atom. The van der Waals surface area contributed by atoms with Gasteiger partial charge in [0.15, 0.2) is 0 Å². The minimum Gasteiger partial charge on any atom is -0.322 e. The predicted octanol–water partition coefficient (Wildman–Crippen LogP) is 13.2. The molecule has 0 aliphatic heterocycles. The van der Waals surface area contributed by atoms with E-state index in [4.69, 9.17) is 0 Å². The third kappa shape index (κ3) is 13.4. The van der Waals surface area contributed by atoms with Crippen LogP contribution in [0.4, 0.5) is 0 Å². The molecule has 0 heterocycles. The second-order valence-electron chi connectivity index (χ2n) is 16.8. The van der Waals surface area contributed by atoms with Crippen LogP contribution in [0.5, 0.6) is 0 Å². The molecule has 2 aliphatic carbocycles. The maximum absolute atomic E-state index is 13.9. The van der Waals surface area contributed by atoms with Gasteiger partial charge in [-0.25, -0.2) is 6.08 Å². The van der Waals surface area contributed by atoms with Crippen molar-refractivity contribution in [2.45, 2.75) is 45.7 Å². The maximum atomic E-state index is 13.9. The largest absolute Gasteiger partial charge is 2.00 e. The van der Waals surface area contributed by atoms with Gasteiger partial charge in [-0.15, -0.1) is 5.57 Å². The van der Waals surface area contributed by atoms with E-state index in [1.807, 2.05) is 93.6 Å². The van der Waals surface area contributed by atoms with Gasteiger partial charge < -0.3 is 5.73 Å². The Bertz CT molecular complexity index is 2370. The van der Waals surface area contributed by atoms with Gasteiger partial charge in [0.2, 0.25) is 0 Å². The molecule has 64 heavy (non-hydrogen) atoms. The molecule has 7 aromatic carbocycles. The monoisotopic (exact) mass is 957 g/mol. The first-order chi connectivity index (χ1) is 30.9. The molecule has 1 nitrogen and oxygen atoms in total. The van der Waals surface area contributed by atoms with Crippen LogP contribution in [0.25, 0.3) is 5.57 Å². The van der Waals surface area contributed by atoms with E-state index in [0.717, 1.165) is 39.1 Å². The van der Waals surface area contributed by atoms with E-state index in [1.54, 1.807) is 0 Å². The Labute approximate surface area is 398 Å². The number of allylic oxidation sites excluding steroid dienone is 5. The number of rotatable bonds is 10. The molecular formula is C60H57OP2Ru+. The minimum absolute atomic E-state index is 0. The summed E-state index contributed by atoms with van der Waals surface area (Å²) in [5.41, 5.74) is 5.59. The molecule has 3 atom stereocenters. The molecule has 0 saturated heterocycles. The molecule has 9 rings (SSSR count). The standard InChI is InChI=1S/C33H30OP.C18H15P.C9H12.Ru/c1-33(2,3)32(34)31(35(28-20-12-6-13-21-28)29-22-14-7-15-23-29)25-24-30(26-16-8-4-9-17-26)27-18-10-5-11-19-27;1-4-10-16(11-5-1)19(17-12-6-2-7-13-17)18-14-8-3-9-15-18;1-2-5-9-7-3-6-8(9)4-1;/h4-23,31H,1-3H3;1-15H;1-2,4-5,8-9H,3,6-7H2;/q-1;;;+2. The van der Waals surface area contributed by atoms with Gasteiger partial charge in [0.25, 0.3) is 0 Å². The van der Waals surface area contributed by atoms with Crippen molar-refractivity contribution in [3.8, 4) is 0 Å². The number of ketones is 1. The van der Waals surface area contributed by atoms with E-state index < -0.39 is 26.9 Å². The molecule has 2 aliphatic rings. The summed E-state index contributed by atoms with van der Waals surface area (Å²) in [6, 6.07) is 73.5. The maximum Gasteiger partial charge on any atom is 2.00 e. The molecule has 0 aromatic heterocycles. The van der Waals surface area contributed by atoms with E-state index in [0.29, 0.717) is 0 Å². The van der Waals surface area contributed by atoms with Gasteiger partial charge >= 0.3 is 19.5 Å². The van der Waals surface area contributed by atoms with Crippen molar-refractivity contribution < 1.29 is 24.3 Å². The van der Waals surface area contributed by atoms with Crippen molar-refractivity contribution >= 4 is 53.7 Å². The van der Waals surface area contributed by atoms with Crippen LogP contribution in [-0.4, -0.2) is 11.4 Å². The third-order valence-corrected chi connectivity index (χ3v) is 16.3. The summed E-state index contributed by atoms with van der Waals surface area (Å²) in [6.45, 7) is 5.98. The van der Waals surface area contributed by atoms with E-state index in [9.17, 15) is 4.79 Å². The van der Waals surface area contributed by atoms with Crippen LogP contribution < -0.4 is 26.5 Å². The number of fused-ring (bicyclic) bond motifs is 1. The van der Waals surface area contributed by atoms with Gasteiger partial charge in [-0.05, 0) is 72.7 Å². The van der Waals surface area contributed by atoms with Crippen molar-refractivity contribution in [1.82, 2.24) is 0 Å². The molecule has 3 unspecified atom stereocenters. The fourth-order valence-electron chi connectivity index (χ4n) is 8.03. The average molecular weight is 957 g/mol. The van der Waals surface area contributed by atoms with Gasteiger partial charge in [-0.1, -0.05) is 275 Å². The van der Waals surface area contributed by atoms with E-state index in [-0.39, 0.29) is 25.3 Å². The Morgan fingerprint density at radius 1 is 0.500 bits per heavy atom. The van der Waals surface area contributed by atoms with Crippen molar-refractivity contribution in [3.63, 3.8) is 0 Å². The third-order valence-electron chi connectivity index (χ3n) is 11.3. The summed E-state index contributed by atoms with van der Waals surface area (Å²) in [5, 5.41) is 6.51. The van der Waals surface area contributed by atoms with E-state index in [2.05, 4.69) is 176 Å². The second kappa shape index (κ2) is 24.7. The van der Waals surface area contributed by atoms with Crippen LogP contribution in [0, 0.1) is 23.3 Å². The molecule has 4 heteroatoms. The quantitative estimate of drug-likeness (QED) is 0.0578. The number of hydrogen-bond donors (Lipinski definition) is 0. The van der Waals surface area contributed by atoms with Gasteiger partial charge in [0, 0.05) is 5.41 Å².